The summed E-state index contributed by atoms with van der Waals surface area (Å²) in [5.74, 6) is 0.969. The molecule has 1 heterocycles. The first-order valence-corrected chi connectivity index (χ1v) is 10.6. The van der Waals surface area contributed by atoms with Crippen molar-refractivity contribution in [2.75, 3.05) is 0 Å². The summed E-state index contributed by atoms with van der Waals surface area (Å²) in [6.07, 6.45) is 2.32. The van der Waals surface area contributed by atoms with Gasteiger partial charge in [0.1, 0.15) is 5.82 Å². The third-order valence-electron chi connectivity index (χ3n) is 4.57. The second kappa shape index (κ2) is 8.06. The smallest absolute Gasteiger partial charge is 0.241 e. The predicted octanol–water partition coefficient (Wildman–Crippen LogP) is 4.63. The number of hydrogen-bond acceptors (Lipinski definition) is 3. The van der Waals surface area contributed by atoms with Gasteiger partial charge < -0.3 is 4.98 Å². The molecule has 1 aromatic heterocycles. The predicted molar refractivity (Wildman–Crippen MR) is 108 cm³/mol. The summed E-state index contributed by atoms with van der Waals surface area (Å²) in [6, 6.07) is 16.4. The molecule has 0 aliphatic rings. The Bertz CT molecular complexity index is 978. The molecule has 5 nitrogen and oxygen atoms in total. The zero-order valence-corrected chi connectivity index (χ0v) is 16.6. The maximum atomic E-state index is 12.8. The number of nitrogens with zero attached hydrogens (tertiary/aromatic N) is 1. The first kappa shape index (κ1) is 19.3. The minimum atomic E-state index is -3.63. The van der Waals surface area contributed by atoms with Gasteiger partial charge in [-0.05, 0) is 35.6 Å². The lowest BCUT2D eigenvalue weighted by atomic mass is 10.0. The third-order valence-corrected chi connectivity index (χ3v) is 6.06. The van der Waals surface area contributed by atoms with E-state index in [0.717, 1.165) is 16.8 Å². The largest absolute Gasteiger partial charge is 0.341 e. The molecule has 0 unspecified atom stereocenters. The molecule has 142 valence electrons. The molecular formula is C21H25N3O2S. The van der Waals surface area contributed by atoms with Gasteiger partial charge in [0.2, 0.25) is 10.0 Å². The highest BCUT2D eigenvalue weighted by Gasteiger charge is 2.22. The van der Waals surface area contributed by atoms with Gasteiger partial charge in [0, 0.05) is 0 Å². The van der Waals surface area contributed by atoms with Gasteiger partial charge in [-0.25, -0.2) is 18.1 Å². The van der Waals surface area contributed by atoms with Gasteiger partial charge in [-0.15, -0.1) is 0 Å². The van der Waals surface area contributed by atoms with Gasteiger partial charge in [0.25, 0.3) is 0 Å². The molecule has 3 aromatic rings. The Morgan fingerprint density at radius 3 is 2.30 bits per heavy atom. The lowest BCUT2D eigenvalue weighted by Gasteiger charge is -2.15. The van der Waals surface area contributed by atoms with Crippen molar-refractivity contribution in [3.05, 3.63) is 72.2 Å². The van der Waals surface area contributed by atoms with Crippen LogP contribution >= 0.6 is 0 Å². The standard InChI is InChI=1S/C21H25N3O2S/c1-4-19(21-22-14-20(23-21)17-8-6-5-7-9-17)24-27(25,26)18-12-10-16(11-13-18)15(2)3/h5-15,19,24H,4H2,1-3H3,(H,22,23)/t19-/m1/s1. The van der Waals surface area contributed by atoms with Crippen LogP contribution in [0.3, 0.4) is 0 Å². The van der Waals surface area contributed by atoms with Crippen LogP contribution in [-0.4, -0.2) is 18.4 Å². The number of benzene rings is 2. The van der Waals surface area contributed by atoms with Crippen LogP contribution in [0.4, 0.5) is 0 Å². The molecule has 27 heavy (non-hydrogen) atoms. The Hall–Kier alpha value is -2.44. The van der Waals surface area contributed by atoms with E-state index >= 15 is 0 Å². The molecule has 0 bridgehead atoms. The van der Waals surface area contributed by atoms with Crippen LogP contribution in [0.5, 0.6) is 0 Å². The molecule has 1 atom stereocenters. The number of nitrogens with one attached hydrogen (secondary N) is 2. The minimum Gasteiger partial charge on any atom is -0.341 e. The van der Waals surface area contributed by atoms with Crippen molar-refractivity contribution in [2.45, 2.75) is 44.0 Å². The van der Waals surface area contributed by atoms with Crippen LogP contribution < -0.4 is 4.72 Å². The van der Waals surface area contributed by atoms with E-state index in [4.69, 9.17) is 0 Å². The molecule has 0 fully saturated rings. The molecule has 0 aliphatic heterocycles. The van der Waals surface area contributed by atoms with Crippen molar-refractivity contribution < 1.29 is 8.42 Å². The number of sulfonamides is 1. The maximum Gasteiger partial charge on any atom is 0.241 e. The Labute approximate surface area is 160 Å². The van der Waals surface area contributed by atoms with Crippen molar-refractivity contribution in [1.29, 1.82) is 0 Å². The van der Waals surface area contributed by atoms with E-state index in [9.17, 15) is 8.42 Å². The molecule has 2 N–H and O–H groups in total. The van der Waals surface area contributed by atoms with Gasteiger partial charge in [-0.3, -0.25) is 0 Å². The van der Waals surface area contributed by atoms with E-state index in [0.29, 0.717) is 18.2 Å². The van der Waals surface area contributed by atoms with E-state index < -0.39 is 16.1 Å². The Balaban J connectivity index is 1.81. The number of H-pyrrole nitrogens is 1. The summed E-state index contributed by atoms with van der Waals surface area (Å²) in [5, 5.41) is 0. The van der Waals surface area contributed by atoms with E-state index in [1.165, 1.54) is 0 Å². The highest BCUT2D eigenvalue weighted by atomic mass is 32.2. The summed E-state index contributed by atoms with van der Waals surface area (Å²) in [6.45, 7) is 6.09. The van der Waals surface area contributed by atoms with Crippen molar-refractivity contribution in [3.8, 4) is 11.3 Å². The second-order valence-corrected chi connectivity index (χ2v) is 8.57. The summed E-state index contributed by atoms with van der Waals surface area (Å²) in [7, 11) is -3.63. The zero-order valence-electron chi connectivity index (χ0n) is 15.8. The summed E-state index contributed by atoms with van der Waals surface area (Å²) in [4.78, 5) is 7.90. The number of aromatic nitrogens is 2. The molecule has 2 aromatic carbocycles. The van der Waals surface area contributed by atoms with Crippen LogP contribution in [0.25, 0.3) is 11.3 Å². The fourth-order valence-electron chi connectivity index (χ4n) is 2.90. The Kier molecular flexibility index (Phi) is 5.77. The first-order valence-electron chi connectivity index (χ1n) is 9.13. The number of rotatable bonds is 7. The summed E-state index contributed by atoms with van der Waals surface area (Å²) in [5.41, 5.74) is 2.99. The van der Waals surface area contributed by atoms with Crippen LogP contribution in [0, 0.1) is 0 Å². The highest BCUT2D eigenvalue weighted by molar-refractivity contribution is 7.89. The molecule has 0 aliphatic carbocycles. The fourth-order valence-corrected chi connectivity index (χ4v) is 4.18. The van der Waals surface area contributed by atoms with Crippen molar-refractivity contribution in [1.82, 2.24) is 14.7 Å². The number of aromatic amines is 1. The highest BCUT2D eigenvalue weighted by Crippen LogP contribution is 2.23. The van der Waals surface area contributed by atoms with Crippen LogP contribution in [-0.2, 0) is 10.0 Å². The molecular weight excluding hydrogens is 358 g/mol. The van der Waals surface area contributed by atoms with Crippen molar-refractivity contribution in [3.63, 3.8) is 0 Å². The van der Waals surface area contributed by atoms with Gasteiger partial charge in [0.15, 0.2) is 0 Å². The normalized spacial score (nSPS) is 13.0. The molecule has 0 amide bonds. The minimum absolute atomic E-state index is 0.264. The fraction of sp³-hybridized carbons (Fsp3) is 0.286. The average molecular weight is 384 g/mol. The van der Waals surface area contributed by atoms with Crippen molar-refractivity contribution >= 4 is 10.0 Å². The maximum absolute atomic E-state index is 12.8. The Morgan fingerprint density at radius 2 is 1.70 bits per heavy atom. The SMILES string of the molecule is CC[C@@H](NS(=O)(=O)c1ccc(C(C)C)cc1)c1ncc(-c2ccccc2)[nH]1. The first-order chi connectivity index (χ1) is 12.9. The lowest BCUT2D eigenvalue weighted by Crippen LogP contribution is -2.29. The lowest BCUT2D eigenvalue weighted by molar-refractivity contribution is 0.539. The van der Waals surface area contributed by atoms with E-state index in [1.54, 1.807) is 18.3 Å². The van der Waals surface area contributed by atoms with Gasteiger partial charge in [-0.1, -0.05) is 63.2 Å². The molecule has 3 rings (SSSR count). The zero-order chi connectivity index (χ0) is 19.4. The Morgan fingerprint density at radius 1 is 1.04 bits per heavy atom. The summed E-state index contributed by atoms with van der Waals surface area (Å²) >= 11 is 0. The number of hydrogen-bond donors (Lipinski definition) is 2. The van der Waals surface area contributed by atoms with E-state index in [-0.39, 0.29) is 4.90 Å². The van der Waals surface area contributed by atoms with Gasteiger partial charge in [-0.2, -0.15) is 0 Å². The van der Waals surface area contributed by atoms with Crippen LogP contribution in [0.1, 0.15) is 50.5 Å². The summed E-state index contributed by atoms with van der Waals surface area (Å²) < 4.78 is 28.3. The monoisotopic (exact) mass is 383 g/mol. The number of imidazole rings is 1. The third kappa shape index (κ3) is 4.46. The second-order valence-electron chi connectivity index (χ2n) is 6.85. The van der Waals surface area contributed by atoms with Gasteiger partial charge >= 0.3 is 0 Å². The van der Waals surface area contributed by atoms with Crippen LogP contribution in [0.15, 0.2) is 65.7 Å². The van der Waals surface area contributed by atoms with E-state index in [1.807, 2.05) is 49.4 Å². The quantitative estimate of drug-likeness (QED) is 0.625. The molecule has 0 radical (unpaired) electrons. The molecule has 0 saturated carbocycles. The molecule has 6 heteroatoms. The van der Waals surface area contributed by atoms with E-state index in [2.05, 4.69) is 28.5 Å². The van der Waals surface area contributed by atoms with Crippen LogP contribution in [0.2, 0.25) is 0 Å². The molecule has 0 spiro atoms. The molecule has 0 saturated heterocycles. The topological polar surface area (TPSA) is 74.8 Å². The van der Waals surface area contributed by atoms with Gasteiger partial charge in [0.05, 0.1) is 22.8 Å². The van der Waals surface area contributed by atoms with Crippen molar-refractivity contribution in [2.24, 2.45) is 0 Å². The average Bonchev–Trinajstić information content (AvgIpc) is 3.17.